The number of rotatable bonds is 2. The lowest BCUT2D eigenvalue weighted by Gasteiger charge is -2.33. The molecule has 16 heavy (non-hydrogen) atoms. The molecule has 1 aliphatic carbocycles. The summed E-state index contributed by atoms with van der Waals surface area (Å²) in [5.41, 5.74) is 2.31. The van der Waals surface area contributed by atoms with Gasteiger partial charge in [0.15, 0.2) is 0 Å². The molecule has 2 unspecified atom stereocenters. The van der Waals surface area contributed by atoms with E-state index in [9.17, 15) is 5.11 Å². The van der Waals surface area contributed by atoms with Gasteiger partial charge in [-0.25, -0.2) is 0 Å². The lowest BCUT2D eigenvalue weighted by molar-refractivity contribution is 0.110. The summed E-state index contributed by atoms with van der Waals surface area (Å²) in [5, 5.41) is 10.1. The van der Waals surface area contributed by atoms with Gasteiger partial charge in [0.2, 0.25) is 0 Å². The van der Waals surface area contributed by atoms with Crippen LogP contribution >= 0.6 is 0 Å². The molecule has 0 aliphatic heterocycles. The normalized spacial score (nSPS) is 28.9. The molecule has 0 spiro atoms. The molecule has 2 rings (SSSR count). The van der Waals surface area contributed by atoms with Gasteiger partial charge in [-0.2, -0.15) is 0 Å². The van der Waals surface area contributed by atoms with Crippen LogP contribution in [0.25, 0.3) is 0 Å². The van der Waals surface area contributed by atoms with Crippen LogP contribution in [0.2, 0.25) is 0 Å². The Labute approximate surface area is 97.1 Å². The minimum absolute atomic E-state index is 0.180. The van der Waals surface area contributed by atoms with E-state index in [1.807, 2.05) is 30.4 Å². The maximum absolute atomic E-state index is 10.1. The van der Waals surface area contributed by atoms with Gasteiger partial charge in [0.05, 0.1) is 6.10 Å². The fourth-order valence-corrected chi connectivity index (χ4v) is 2.31. The van der Waals surface area contributed by atoms with Crippen LogP contribution in [0.15, 0.2) is 54.1 Å². The number of aliphatic hydroxyl groups is 1. The van der Waals surface area contributed by atoms with Gasteiger partial charge in [-0.15, -0.1) is 0 Å². The second-order valence-electron chi connectivity index (χ2n) is 4.86. The van der Waals surface area contributed by atoms with Crippen LogP contribution in [0.5, 0.6) is 0 Å². The average molecular weight is 214 g/mol. The summed E-state index contributed by atoms with van der Waals surface area (Å²) >= 11 is 0. The molecule has 1 aromatic carbocycles. The van der Waals surface area contributed by atoms with Crippen LogP contribution in [-0.2, 0) is 6.42 Å². The van der Waals surface area contributed by atoms with Crippen molar-refractivity contribution in [2.75, 3.05) is 0 Å². The standard InChI is InChI=1S/C15H18O/c1-12-8-9-14(16)15(2,10-12)11-13-6-4-3-5-7-13/h3-10,14,16H,11H2,1-2H3. The Bertz CT molecular complexity index is 416. The third kappa shape index (κ3) is 2.25. The van der Waals surface area contributed by atoms with Crippen molar-refractivity contribution in [3.05, 3.63) is 59.7 Å². The van der Waals surface area contributed by atoms with Crippen molar-refractivity contribution in [3.63, 3.8) is 0 Å². The van der Waals surface area contributed by atoms with Gasteiger partial charge >= 0.3 is 0 Å². The SMILES string of the molecule is CC1=CC(C)(Cc2ccccc2)C(O)C=C1. The first-order valence-corrected chi connectivity index (χ1v) is 5.70. The van der Waals surface area contributed by atoms with E-state index in [4.69, 9.17) is 0 Å². The van der Waals surface area contributed by atoms with E-state index in [0.29, 0.717) is 0 Å². The Morgan fingerprint density at radius 1 is 1.25 bits per heavy atom. The zero-order valence-electron chi connectivity index (χ0n) is 9.85. The first-order valence-electron chi connectivity index (χ1n) is 5.70. The molecule has 0 aromatic heterocycles. The second kappa shape index (κ2) is 4.26. The lowest BCUT2D eigenvalue weighted by Crippen LogP contribution is -2.33. The summed E-state index contributed by atoms with van der Waals surface area (Å²) in [7, 11) is 0. The highest BCUT2D eigenvalue weighted by Gasteiger charge is 2.31. The first-order chi connectivity index (χ1) is 7.60. The quantitative estimate of drug-likeness (QED) is 0.802. The van der Waals surface area contributed by atoms with Gasteiger partial charge in [0.25, 0.3) is 0 Å². The second-order valence-corrected chi connectivity index (χ2v) is 4.86. The largest absolute Gasteiger partial charge is 0.388 e. The molecule has 2 atom stereocenters. The number of hydrogen-bond donors (Lipinski definition) is 1. The van der Waals surface area contributed by atoms with Crippen molar-refractivity contribution >= 4 is 0 Å². The molecule has 1 aliphatic rings. The molecule has 84 valence electrons. The summed E-state index contributed by atoms with van der Waals surface area (Å²) < 4.78 is 0. The molecule has 0 amide bonds. The average Bonchev–Trinajstić information content (AvgIpc) is 2.25. The topological polar surface area (TPSA) is 20.2 Å². The molecule has 0 saturated heterocycles. The molecule has 1 nitrogen and oxygen atoms in total. The van der Waals surface area contributed by atoms with Gasteiger partial charge in [-0.3, -0.25) is 0 Å². The van der Waals surface area contributed by atoms with Gasteiger partial charge in [0, 0.05) is 5.41 Å². The van der Waals surface area contributed by atoms with Crippen LogP contribution in [-0.4, -0.2) is 11.2 Å². The predicted octanol–water partition coefficient (Wildman–Crippen LogP) is 3.11. The van der Waals surface area contributed by atoms with Crippen LogP contribution in [0.3, 0.4) is 0 Å². The Kier molecular flexibility index (Phi) is 2.97. The molecular formula is C15H18O. The number of allylic oxidation sites excluding steroid dienone is 2. The molecular weight excluding hydrogens is 196 g/mol. The third-order valence-electron chi connectivity index (χ3n) is 3.20. The highest BCUT2D eigenvalue weighted by molar-refractivity contribution is 5.30. The fourth-order valence-electron chi connectivity index (χ4n) is 2.31. The highest BCUT2D eigenvalue weighted by atomic mass is 16.3. The van der Waals surface area contributed by atoms with Crippen LogP contribution < -0.4 is 0 Å². The van der Waals surface area contributed by atoms with E-state index in [0.717, 1.165) is 6.42 Å². The van der Waals surface area contributed by atoms with Crippen molar-refractivity contribution in [1.82, 2.24) is 0 Å². The first kappa shape index (κ1) is 11.2. The maximum Gasteiger partial charge on any atom is 0.0815 e. The minimum Gasteiger partial charge on any atom is -0.388 e. The van der Waals surface area contributed by atoms with Crippen molar-refractivity contribution in [2.24, 2.45) is 5.41 Å². The van der Waals surface area contributed by atoms with E-state index in [1.54, 1.807) is 0 Å². The number of aliphatic hydroxyl groups excluding tert-OH is 1. The van der Waals surface area contributed by atoms with Crippen molar-refractivity contribution < 1.29 is 5.11 Å². The Morgan fingerprint density at radius 2 is 1.94 bits per heavy atom. The number of benzene rings is 1. The predicted molar refractivity (Wildman–Crippen MR) is 67.2 cm³/mol. The molecule has 1 heteroatoms. The Hall–Kier alpha value is -1.34. The van der Waals surface area contributed by atoms with E-state index >= 15 is 0 Å². The van der Waals surface area contributed by atoms with Gasteiger partial charge in [-0.05, 0) is 18.9 Å². The van der Waals surface area contributed by atoms with Crippen molar-refractivity contribution in [1.29, 1.82) is 0 Å². The summed E-state index contributed by atoms with van der Waals surface area (Å²) in [5.74, 6) is 0. The summed E-state index contributed by atoms with van der Waals surface area (Å²) in [6.45, 7) is 4.18. The summed E-state index contributed by atoms with van der Waals surface area (Å²) in [6.07, 6.45) is 6.52. The number of hydrogen-bond acceptors (Lipinski definition) is 1. The van der Waals surface area contributed by atoms with E-state index in [-0.39, 0.29) is 5.41 Å². The summed E-state index contributed by atoms with van der Waals surface area (Å²) in [6, 6.07) is 10.3. The van der Waals surface area contributed by atoms with Gasteiger partial charge in [0.1, 0.15) is 0 Å². The molecule has 0 bridgehead atoms. The van der Waals surface area contributed by atoms with Gasteiger partial charge in [-0.1, -0.05) is 61.1 Å². The lowest BCUT2D eigenvalue weighted by atomic mass is 9.75. The van der Waals surface area contributed by atoms with Gasteiger partial charge < -0.3 is 5.11 Å². The highest BCUT2D eigenvalue weighted by Crippen LogP contribution is 2.33. The molecule has 0 saturated carbocycles. The Morgan fingerprint density at radius 3 is 2.62 bits per heavy atom. The molecule has 0 fully saturated rings. The van der Waals surface area contributed by atoms with E-state index < -0.39 is 6.10 Å². The zero-order chi connectivity index (χ0) is 11.6. The van der Waals surface area contributed by atoms with Crippen LogP contribution in [0, 0.1) is 5.41 Å². The monoisotopic (exact) mass is 214 g/mol. The zero-order valence-corrected chi connectivity index (χ0v) is 9.85. The van der Waals surface area contributed by atoms with Crippen LogP contribution in [0.4, 0.5) is 0 Å². The molecule has 1 aromatic rings. The third-order valence-corrected chi connectivity index (χ3v) is 3.20. The Balaban J connectivity index is 2.23. The van der Waals surface area contributed by atoms with E-state index in [2.05, 4.69) is 32.1 Å². The van der Waals surface area contributed by atoms with Crippen molar-refractivity contribution in [2.45, 2.75) is 26.4 Å². The van der Waals surface area contributed by atoms with Crippen LogP contribution in [0.1, 0.15) is 19.4 Å². The molecule has 0 heterocycles. The minimum atomic E-state index is -0.392. The van der Waals surface area contributed by atoms with E-state index in [1.165, 1.54) is 11.1 Å². The fraction of sp³-hybridized carbons (Fsp3) is 0.333. The maximum atomic E-state index is 10.1. The molecule has 1 N–H and O–H groups in total. The van der Waals surface area contributed by atoms with Crippen molar-refractivity contribution in [3.8, 4) is 0 Å². The molecule has 0 radical (unpaired) electrons. The summed E-state index contributed by atoms with van der Waals surface area (Å²) in [4.78, 5) is 0. The smallest absolute Gasteiger partial charge is 0.0815 e.